The molecule has 0 atom stereocenters. The second kappa shape index (κ2) is 8.06. The average molecular weight is 350 g/mol. The molecule has 7 nitrogen and oxygen atoms in total. The van der Waals surface area contributed by atoms with Gasteiger partial charge in [0.2, 0.25) is 23.5 Å². The van der Waals surface area contributed by atoms with Gasteiger partial charge in [0, 0.05) is 29.7 Å². The average Bonchev–Trinajstić information content (AvgIpc) is 3.12. The molecular formula is C19H18N4O3. The Labute approximate surface area is 150 Å². The zero-order valence-corrected chi connectivity index (χ0v) is 14.0. The van der Waals surface area contributed by atoms with Gasteiger partial charge in [0.05, 0.1) is 0 Å². The Kier molecular flexibility index (Phi) is 5.38. The molecule has 0 aliphatic carbocycles. The molecule has 1 aromatic heterocycles. The summed E-state index contributed by atoms with van der Waals surface area (Å²) in [5.41, 5.74) is 7.08. The van der Waals surface area contributed by atoms with Gasteiger partial charge in [-0.05, 0) is 30.7 Å². The van der Waals surface area contributed by atoms with Crippen molar-refractivity contribution in [2.45, 2.75) is 19.3 Å². The van der Waals surface area contributed by atoms with Crippen molar-refractivity contribution in [1.29, 1.82) is 0 Å². The number of nitrogens with zero attached hydrogens (tertiary/aromatic N) is 2. The number of hydrogen-bond donors (Lipinski definition) is 2. The topological polar surface area (TPSA) is 111 Å². The normalized spacial score (nSPS) is 10.5. The third kappa shape index (κ3) is 4.54. The molecule has 26 heavy (non-hydrogen) atoms. The summed E-state index contributed by atoms with van der Waals surface area (Å²) in [6, 6.07) is 16.0. The zero-order valence-electron chi connectivity index (χ0n) is 14.0. The summed E-state index contributed by atoms with van der Waals surface area (Å²) in [7, 11) is 0. The second-order valence-electron chi connectivity index (χ2n) is 5.72. The number of amides is 2. The van der Waals surface area contributed by atoms with Crippen molar-refractivity contribution in [2.24, 2.45) is 5.73 Å². The highest BCUT2D eigenvalue weighted by Gasteiger charge is 2.09. The van der Waals surface area contributed by atoms with Gasteiger partial charge in [-0.25, -0.2) is 0 Å². The lowest BCUT2D eigenvalue weighted by Crippen LogP contribution is -2.13. The summed E-state index contributed by atoms with van der Waals surface area (Å²) >= 11 is 0. The fourth-order valence-corrected chi connectivity index (χ4v) is 2.40. The standard InChI is InChI=1S/C19H18N4O3/c20-18(25)13-9-11-15(12-10-13)21-16(24)7-4-8-17-22-19(23-26-17)14-5-2-1-3-6-14/h1-3,5-6,9-12H,4,7-8H2,(H2,20,25)(H,21,24). The molecule has 0 saturated carbocycles. The van der Waals surface area contributed by atoms with E-state index in [1.165, 1.54) is 0 Å². The van der Waals surface area contributed by atoms with Crippen molar-refractivity contribution >= 4 is 17.5 Å². The predicted molar refractivity (Wildman–Crippen MR) is 96.3 cm³/mol. The van der Waals surface area contributed by atoms with E-state index in [1.54, 1.807) is 24.3 Å². The third-order valence-electron chi connectivity index (χ3n) is 3.75. The van der Waals surface area contributed by atoms with Crippen LogP contribution in [0.15, 0.2) is 59.1 Å². The number of nitrogens with one attached hydrogen (secondary N) is 1. The molecule has 1 heterocycles. The highest BCUT2D eigenvalue weighted by Crippen LogP contribution is 2.16. The van der Waals surface area contributed by atoms with Crippen LogP contribution in [-0.4, -0.2) is 22.0 Å². The minimum Gasteiger partial charge on any atom is -0.366 e. The van der Waals surface area contributed by atoms with Crippen molar-refractivity contribution < 1.29 is 14.1 Å². The molecule has 3 N–H and O–H groups in total. The van der Waals surface area contributed by atoms with Gasteiger partial charge < -0.3 is 15.6 Å². The molecule has 0 aliphatic heterocycles. The Morgan fingerprint density at radius 2 is 1.77 bits per heavy atom. The molecule has 3 rings (SSSR count). The van der Waals surface area contributed by atoms with Crippen LogP contribution in [-0.2, 0) is 11.2 Å². The van der Waals surface area contributed by atoms with Gasteiger partial charge in [0.25, 0.3) is 0 Å². The van der Waals surface area contributed by atoms with E-state index >= 15 is 0 Å². The molecule has 0 spiro atoms. The SMILES string of the molecule is NC(=O)c1ccc(NC(=O)CCCc2nc(-c3ccccc3)no2)cc1. The van der Waals surface area contributed by atoms with E-state index in [2.05, 4.69) is 15.5 Å². The van der Waals surface area contributed by atoms with E-state index in [0.717, 1.165) is 5.56 Å². The molecule has 0 aliphatic rings. The molecule has 0 fully saturated rings. The van der Waals surface area contributed by atoms with Gasteiger partial charge in [-0.15, -0.1) is 0 Å². The number of rotatable bonds is 7. The summed E-state index contributed by atoms with van der Waals surface area (Å²) in [4.78, 5) is 27.3. The number of primary amides is 1. The maximum Gasteiger partial charge on any atom is 0.248 e. The highest BCUT2D eigenvalue weighted by molar-refractivity contribution is 5.94. The Balaban J connectivity index is 1.46. The van der Waals surface area contributed by atoms with Crippen molar-refractivity contribution in [2.75, 3.05) is 5.32 Å². The first kappa shape index (κ1) is 17.3. The maximum atomic E-state index is 12.0. The monoisotopic (exact) mass is 350 g/mol. The molecule has 0 bridgehead atoms. The molecule has 132 valence electrons. The van der Waals surface area contributed by atoms with Crippen molar-refractivity contribution in [1.82, 2.24) is 10.1 Å². The van der Waals surface area contributed by atoms with Crippen molar-refractivity contribution in [3.8, 4) is 11.4 Å². The fraction of sp³-hybridized carbons (Fsp3) is 0.158. The molecule has 0 unspecified atom stereocenters. The molecule has 2 amide bonds. The lowest BCUT2D eigenvalue weighted by molar-refractivity contribution is -0.116. The van der Waals surface area contributed by atoms with Gasteiger partial charge in [0.15, 0.2) is 0 Å². The summed E-state index contributed by atoms with van der Waals surface area (Å²) in [6.45, 7) is 0. The van der Waals surface area contributed by atoms with Crippen LogP contribution in [0, 0.1) is 0 Å². The van der Waals surface area contributed by atoms with Crippen LogP contribution in [0.5, 0.6) is 0 Å². The molecule has 0 radical (unpaired) electrons. The van der Waals surface area contributed by atoms with E-state index in [-0.39, 0.29) is 5.91 Å². The first-order chi connectivity index (χ1) is 12.6. The maximum absolute atomic E-state index is 12.0. The Morgan fingerprint density at radius 1 is 1.04 bits per heavy atom. The number of aromatic nitrogens is 2. The fourth-order valence-electron chi connectivity index (χ4n) is 2.40. The number of aryl methyl sites for hydroxylation is 1. The molecular weight excluding hydrogens is 332 g/mol. The van der Waals surface area contributed by atoms with Crippen LogP contribution in [0.4, 0.5) is 5.69 Å². The van der Waals surface area contributed by atoms with Crippen molar-refractivity contribution in [3.63, 3.8) is 0 Å². The quantitative estimate of drug-likeness (QED) is 0.680. The van der Waals surface area contributed by atoms with E-state index in [0.29, 0.717) is 42.2 Å². The van der Waals surface area contributed by atoms with Gasteiger partial charge in [-0.2, -0.15) is 4.98 Å². The molecule has 0 saturated heterocycles. The smallest absolute Gasteiger partial charge is 0.248 e. The number of carbonyl (C=O) groups is 2. The van der Waals surface area contributed by atoms with Crippen LogP contribution in [0.25, 0.3) is 11.4 Å². The number of anilines is 1. The molecule has 7 heteroatoms. The Hall–Kier alpha value is -3.48. The lowest BCUT2D eigenvalue weighted by atomic mass is 10.2. The van der Waals surface area contributed by atoms with E-state index in [9.17, 15) is 9.59 Å². The predicted octanol–water partition coefficient (Wildman–Crippen LogP) is 2.80. The first-order valence-electron chi connectivity index (χ1n) is 8.19. The minimum absolute atomic E-state index is 0.125. The summed E-state index contributed by atoms with van der Waals surface area (Å²) < 4.78 is 5.22. The molecule has 2 aromatic carbocycles. The molecule has 3 aromatic rings. The highest BCUT2D eigenvalue weighted by atomic mass is 16.5. The summed E-state index contributed by atoms with van der Waals surface area (Å²) in [5.74, 6) is 0.416. The first-order valence-corrected chi connectivity index (χ1v) is 8.19. The van der Waals surface area contributed by atoms with Crippen LogP contribution in [0.3, 0.4) is 0 Å². The van der Waals surface area contributed by atoms with Gasteiger partial charge in [0.1, 0.15) is 0 Å². The van der Waals surface area contributed by atoms with Crippen molar-refractivity contribution in [3.05, 3.63) is 66.1 Å². The van der Waals surface area contributed by atoms with E-state index in [1.807, 2.05) is 30.3 Å². The van der Waals surface area contributed by atoms with Crippen LogP contribution < -0.4 is 11.1 Å². The van der Waals surface area contributed by atoms with Gasteiger partial charge in [-0.3, -0.25) is 9.59 Å². The van der Waals surface area contributed by atoms with E-state index < -0.39 is 5.91 Å². The Morgan fingerprint density at radius 3 is 2.46 bits per heavy atom. The number of benzene rings is 2. The lowest BCUT2D eigenvalue weighted by Gasteiger charge is -2.05. The second-order valence-corrected chi connectivity index (χ2v) is 5.72. The van der Waals surface area contributed by atoms with Crippen LogP contribution >= 0.6 is 0 Å². The zero-order chi connectivity index (χ0) is 18.4. The summed E-state index contributed by atoms with van der Waals surface area (Å²) in [5, 5.41) is 6.72. The minimum atomic E-state index is -0.502. The number of nitrogens with two attached hydrogens (primary N) is 1. The van der Waals surface area contributed by atoms with Crippen LogP contribution in [0.2, 0.25) is 0 Å². The number of hydrogen-bond acceptors (Lipinski definition) is 5. The van der Waals surface area contributed by atoms with E-state index in [4.69, 9.17) is 10.3 Å². The Bertz CT molecular complexity index is 889. The third-order valence-corrected chi connectivity index (χ3v) is 3.75. The van der Waals surface area contributed by atoms with Gasteiger partial charge >= 0.3 is 0 Å². The van der Waals surface area contributed by atoms with Gasteiger partial charge in [-0.1, -0.05) is 35.5 Å². The summed E-state index contributed by atoms with van der Waals surface area (Å²) in [6.07, 6.45) is 1.43. The number of carbonyl (C=O) groups excluding carboxylic acids is 2. The largest absolute Gasteiger partial charge is 0.366 e. The van der Waals surface area contributed by atoms with Crippen LogP contribution in [0.1, 0.15) is 29.1 Å².